The molecule has 1 aromatic heterocycles. The third-order valence-corrected chi connectivity index (χ3v) is 6.16. The van der Waals surface area contributed by atoms with Crippen LogP contribution in [0.2, 0.25) is 0 Å². The predicted octanol–water partition coefficient (Wildman–Crippen LogP) is 4.75. The molecule has 0 N–H and O–H groups in total. The molecular formula is C20H19BrN2O3S2. The summed E-state index contributed by atoms with van der Waals surface area (Å²) in [6, 6.07) is 12.6. The maximum Gasteiger partial charge on any atom is 0.338 e. The van der Waals surface area contributed by atoms with Crippen LogP contribution in [0.4, 0.5) is 0 Å². The van der Waals surface area contributed by atoms with E-state index in [-0.39, 0.29) is 11.9 Å². The van der Waals surface area contributed by atoms with Crippen LogP contribution < -0.4 is 4.80 Å². The van der Waals surface area contributed by atoms with Crippen molar-refractivity contribution in [2.45, 2.75) is 13.5 Å². The number of amides is 1. The molecule has 5 nitrogen and oxygen atoms in total. The highest BCUT2D eigenvalue weighted by Gasteiger charge is 2.13. The number of carbonyl (C=O) groups excluding carboxylic acids is 2. The number of thiazole rings is 1. The van der Waals surface area contributed by atoms with Crippen molar-refractivity contribution >= 4 is 61.1 Å². The second-order valence-electron chi connectivity index (χ2n) is 5.86. The summed E-state index contributed by atoms with van der Waals surface area (Å²) in [6.07, 6.45) is 2.04. The van der Waals surface area contributed by atoms with Crippen molar-refractivity contribution < 1.29 is 14.3 Å². The van der Waals surface area contributed by atoms with Crippen LogP contribution >= 0.6 is 39.0 Å². The van der Waals surface area contributed by atoms with Crippen LogP contribution in [0.25, 0.3) is 10.2 Å². The Labute approximate surface area is 179 Å². The van der Waals surface area contributed by atoms with E-state index in [9.17, 15) is 9.59 Å². The van der Waals surface area contributed by atoms with Crippen LogP contribution in [0.1, 0.15) is 27.6 Å². The Hall–Kier alpha value is -1.90. The maximum atomic E-state index is 12.6. The molecule has 0 saturated carbocycles. The SMILES string of the molecule is CCOC(=O)c1ccc2c(c1)sc(=NC(=O)c1ccc(Br)cc1)n2CCSC. The van der Waals surface area contributed by atoms with Gasteiger partial charge in [0.2, 0.25) is 0 Å². The summed E-state index contributed by atoms with van der Waals surface area (Å²) < 4.78 is 8.92. The lowest BCUT2D eigenvalue weighted by molar-refractivity contribution is 0.0526. The van der Waals surface area contributed by atoms with Crippen LogP contribution in [0.5, 0.6) is 0 Å². The summed E-state index contributed by atoms with van der Waals surface area (Å²) in [7, 11) is 0. The number of thioether (sulfide) groups is 1. The number of nitrogens with zero attached hydrogens (tertiary/aromatic N) is 2. The standard InChI is InChI=1S/C20H19BrN2O3S2/c1-3-26-19(25)14-6-9-16-17(12-14)28-20(23(16)10-11-27-2)22-18(24)13-4-7-15(21)8-5-13/h4-9,12H,3,10-11H2,1-2H3. The Morgan fingerprint density at radius 2 is 1.89 bits per heavy atom. The second-order valence-corrected chi connectivity index (χ2v) is 8.77. The lowest BCUT2D eigenvalue weighted by Crippen LogP contribution is -2.18. The van der Waals surface area contributed by atoms with Gasteiger partial charge in [-0.1, -0.05) is 27.3 Å². The number of esters is 1. The van der Waals surface area contributed by atoms with Crippen molar-refractivity contribution in [3.63, 3.8) is 0 Å². The summed E-state index contributed by atoms with van der Waals surface area (Å²) in [5.41, 5.74) is 1.98. The minimum Gasteiger partial charge on any atom is -0.462 e. The van der Waals surface area contributed by atoms with Crippen LogP contribution in [0.15, 0.2) is 51.9 Å². The Morgan fingerprint density at radius 3 is 2.57 bits per heavy atom. The first-order valence-corrected chi connectivity index (χ1v) is 11.7. The fourth-order valence-electron chi connectivity index (χ4n) is 2.64. The molecule has 0 aliphatic rings. The van der Waals surface area contributed by atoms with Gasteiger partial charge in [0.25, 0.3) is 5.91 Å². The molecule has 146 valence electrons. The Bertz CT molecular complexity index is 1070. The molecule has 3 aromatic rings. The molecule has 8 heteroatoms. The summed E-state index contributed by atoms with van der Waals surface area (Å²) in [4.78, 5) is 29.6. The zero-order valence-corrected chi connectivity index (χ0v) is 18.7. The predicted molar refractivity (Wildman–Crippen MR) is 118 cm³/mol. The number of halogens is 1. The highest BCUT2D eigenvalue weighted by atomic mass is 79.9. The van der Waals surface area contributed by atoms with E-state index in [1.54, 1.807) is 43.0 Å². The number of benzene rings is 2. The molecule has 3 rings (SSSR count). The maximum absolute atomic E-state index is 12.6. The topological polar surface area (TPSA) is 60.7 Å². The number of hydrogen-bond acceptors (Lipinski definition) is 5. The van der Waals surface area contributed by atoms with Gasteiger partial charge in [-0.3, -0.25) is 4.79 Å². The smallest absolute Gasteiger partial charge is 0.338 e. The van der Waals surface area contributed by atoms with Gasteiger partial charge in [-0.2, -0.15) is 16.8 Å². The van der Waals surface area contributed by atoms with Gasteiger partial charge in [-0.15, -0.1) is 0 Å². The normalized spacial score (nSPS) is 11.8. The average Bonchev–Trinajstić information content (AvgIpc) is 3.03. The third-order valence-electron chi connectivity index (χ3n) is 4.00. The summed E-state index contributed by atoms with van der Waals surface area (Å²) >= 11 is 6.50. The lowest BCUT2D eigenvalue weighted by atomic mass is 10.2. The molecule has 1 amide bonds. The molecule has 0 fully saturated rings. The van der Waals surface area contributed by atoms with Crippen LogP contribution in [-0.4, -0.2) is 35.1 Å². The minimum atomic E-state index is -0.349. The molecule has 0 saturated heterocycles. The zero-order valence-electron chi connectivity index (χ0n) is 15.5. The quantitative estimate of drug-likeness (QED) is 0.479. The van der Waals surface area contributed by atoms with Crippen LogP contribution in [0, 0.1) is 0 Å². The highest BCUT2D eigenvalue weighted by Crippen LogP contribution is 2.21. The van der Waals surface area contributed by atoms with Crippen LogP contribution in [0.3, 0.4) is 0 Å². The lowest BCUT2D eigenvalue weighted by Gasteiger charge is -2.05. The van der Waals surface area contributed by atoms with E-state index in [1.807, 2.05) is 29.0 Å². The van der Waals surface area contributed by atoms with Crippen LogP contribution in [-0.2, 0) is 11.3 Å². The van der Waals surface area contributed by atoms with Gasteiger partial charge in [-0.25, -0.2) is 4.79 Å². The molecule has 0 bridgehead atoms. The van der Waals surface area contributed by atoms with Crippen molar-refractivity contribution in [1.29, 1.82) is 0 Å². The van der Waals surface area contributed by atoms with E-state index in [1.165, 1.54) is 11.3 Å². The number of carbonyl (C=O) groups is 2. The molecule has 2 aromatic carbocycles. The van der Waals surface area contributed by atoms with Gasteiger partial charge in [-0.05, 0) is 55.6 Å². The summed E-state index contributed by atoms with van der Waals surface area (Å²) in [5.74, 6) is 0.256. The first kappa shape index (κ1) is 20.8. The molecule has 1 heterocycles. The number of aromatic nitrogens is 1. The fraction of sp³-hybridized carbons (Fsp3) is 0.250. The molecule has 0 aliphatic carbocycles. The monoisotopic (exact) mass is 478 g/mol. The number of rotatable bonds is 6. The number of fused-ring (bicyclic) bond motifs is 1. The molecular weight excluding hydrogens is 460 g/mol. The van der Waals surface area contributed by atoms with E-state index >= 15 is 0 Å². The second kappa shape index (κ2) is 9.54. The van der Waals surface area contributed by atoms with E-state index in [0.717, 1.165) is 27.0 Å². The number of hydrogen-bond donors (Lipinski definition) is 0. The van der Waals surface area contributed by atoms with E-state index in [4.69, 9.17) is 4.74 Å². The molecule has 28 heavy (non-hydrogen) atoms. The fourth-order valence-corrected chi connectivity index (χ4v) is 4.37. The molecule has 0 atom stereocenters. The van der Waals surface area contributed by atoms with Gasteiger partial charge >= 0.3 is 5.97 Å². The summed E-state index contributed by atoms with van der Waals surface area (Å²) in [5, 5.41) is 0. The Kier molecular flexibility index (Phi) is 7.09. The summed E-state index contributed by atoms with van der Waals surface area (Å²) in [6.45, 7) is 2.84. The van der Waals surface area contributed by atoms with E-state index in [0.29, 0.717) is 22.5 Å². The van der Waals surface area contributed by atoms with E-state index < -0.39 is 0 Å². The zero-order chi connectivity index (χ0) is 20.1. The largest absolute Gasteiger partial charge is 0.462 e. The van der Waals surface area contributed by atoms with Gasteiger partial charge < -0.3 is 9.30 Å². The van der Waals surface area contributed by atoms with Gasteiger partial charge in [0.15, 0.2) is 4.80 Å². The highest BCUT2D eigenvalue weighted by molar-refractivity contribution is 9.10. The molecule has 0 radical (unpaired) electrons. The van der Waals surface area contributed by atoms with Crippen molar-refractivity contribution in [3.8, 4) is 0 Å². The molecule has 0 spiro atoms. The average molecular weight is 479 g/mol. The Morgan fingerprint density at radius 1 is 1.18 bits per heavy atom. The third kappa shape index (κ3) is 4.74. The van der Waals surface area contributed by atoms with Gasteiger partial charge in [0, 0.05) is 22.3 Å². The van der Waals surface area contributed by atoms with Gasteiger partial charge in [0.05, 0.1) is 22.4 Å². The van der Waals surface area contributed by atoms with Crippen molar-refractivity contribution in [3.05, 3.63) is 62.9 Å². The number of aryl methyl sites for hydroxylation is 1. The minimum absolute atomic E-state index is 0.289. The molecule has 0 unspecified atom stereocenters. The van der Waals surface area contributed by atoms with E-state index in [2.05, 4.69) is 20.9 Å². The first-order chi connectivity index (χ1) is 13.5. The first-order valence-electron chi connectivity index (χ1n) is 8.67. The number of ether oxygens (including phenoxy) is 1. The molecule has 0 aliphatic heterocycles. The van der Waals surface area contributed by atoms with Gasteiger partial charge in [0.1, 0.15) is 0 Å². The van der Waals surface area contributed by atoms with Crippen molar-refractivity contribution in [1.82, 2.24) is 4.57 Å². The Balaban J connectivity index is 2.07. The van der Waals surface area contributed by atoms with Crippen molar-refractivity contribution in [2.75, 3.05) is 18.6 Å². The van der Waals surface area contributed by atoms with Crippen molar-refractivity contribution in [2.24, 2.45) is 4.99 Å².